The van der Waals surface area contributed by atoms with Gasteiger partial charge in [-0.2, -0.15) is 0 Å². The van der Waals surface area contributed by atoms with E-state index in [0.717, 1.165) is 0 Å². The Kier molecular flexibility index (Phi) is 13.3. The number of nitrogens with one attached hydrogen (secondary N) is 3. The number of amides is 4. The predicted molar refractivity (Wildman–Crippen MR) is 119 cm³/mol. The Balaban J connectivity index is 5.51. The number of aliphatic hydroxyl groups excluding tert-OH is 1. The molecule has 0 saturated carbocycles. The number of aliphatic hydroxyl groups is 1. The van der Waals surface area contributed by atoms with E-state index in [4.69, 9.17) is 28.0 Å². The molecule has 0 fully saturated rings. The molecule has 0 aromatic rings. The zero-order chi connectivity index (χ0) is 27.3. The van der Waals surface area contributed by atoms with Crippen molar-refractivity contribution in [3.05, 3.63) is 0 Å². The van der Waals surface area contributed by atoms with E-state index in [0.29, 0.717) is 0 Å². The molecule has 0 saturated heterocycles. The van der Waals surface area contributed by atoms with E-state index < -0.39 is 78.7 Å². The minimum absolute atomic E-state index is 0.0698. The highest BCUT2D eigenvalue weighted by molar-refractivity contribution is 5.97. The van der Waals surface area contributed by atoms with Gasteiger partial charge in [-0.15, -0.1) is 0 Å². The van der Waals surface area contributed by atoms with Gasteiger partial charge in [-0.3, -0.25) is 29.0 Å². The van der Waals surface area contributed by atoms with Crippen molar-refractivity contribution in [2.75, 3.05) is 6.54 Å². The standard InChI is InChI=1S/C18H32N8O9/c1-7(27)13(20)16(33)26-9(5-11(19)28)14(31)25-10(6-12(29)30)15(32)24-8(17(34)35)3-2-4-23-18(21)22/h7-10,13,27H,2-6,20H2,1H3,(H2,19,28)(H,24,32)(H,25,31)(H,26,33)(H,29,30)(H,34,35)(H4,21,22,23). The topological polar surface area (TPSA) is 316 Å². The quantitative estimate of drug-likeness (QED) is 0.0535. The third-order valence-electron chi connectivity index (χ3n) is 4.43. The van der Waals surface area contributed by atoms with Gasteiger partial charge in [0.2, 0.25) is 23.6 Å². The van der Waals surface area contributed by atoms with Crippen LogP contribution in [0.15, 0.2) is 4.99 Å². The Hall–Kier alpha value is -3.99. The van der Waals surface area contributed by atoms with Gasteiger partial charge < -0.3 is 54.2 Å². The fourth-order valence-corrected chi connectivity index (χ4v) is 2.59. The molecule has 35 heavy (non-hydrogen) atoms. The molecule has 4 amide bonds. The number of carboxylic acids is 2. The number of carbonyl (C=O) groups excluding carboxylic acids is 4. The van der Waals surface area contributed by atoms with Crippen LogP contribution in [0, 0.1) is 0 Å². The first kappa shape index (κ1) is 31.0. The zero-order valence-corrected chi connectivity index (χ0v) is 19.0. The molecule has 0 aromatic carbocycles. The molecular weight excluding hydrogens is 472 g/mol. The highest BCUT2D eigenvalue weighted by atomic mass is 16.4. The second kappa shape index (κ2) is 15.0. The summed E-state index contributed by atoms with van der Waals surface area (Å²) < 4.78 is 0. The average Bonchev–Trinajstić information content (AvgIpc) is 2.72. The van der Waals surface area contributed by atoms with Crippen LogP contribution in [0.2, 0.25) is 0 Å². The molecule has 0 spiro atoms. The number of aliphatic carboxylic acids is 2. The number of hydrogen-bond acceptors (Lipinski definition) is 9. The van der Waals surface area contributed by atoms with Gasteiger partial charge in [-0.05, 0) is 19.8 Å². The first-order chi connectivity index (χ1) is 16.1. The molecule has 198 valence electrons. The van der Waals surface area contributed by atoms with Crippen LogP contribution in [0.25, 0.3) is 0 Å². The lowest BCUT2D eigenvalue weighted by molar-refractivity contribution is -0.144. The Morgan fingerprint density at radius 2 is 1.31 bits per heavy atom. The molecule has 17 nitrogen and oxygen atoms in total. The van der Waals surface area contributed by atoms with Crippen molar-refractivity contribution in [3.63, 3.8) is 0 Å². The Morgan fingerprint density at radius 1 is 0.829 bits per heavy atom. The summed E-state index contributed by atoms with van der Waals surface area (Å²) in [7, 11) is 0. The molecule has 0 aliphatic rings. The summed E-state index contributed by atoms with van der Waals surface area (Å²) in [4.78, 5) is 75.0. The van der Waals surface area contributed by atoms with E-state index in [9.17, 15) is 39.0 Å². The second-order valence-electron chi connectivity index (χ2n) is 7.51. The lowest BCUT2D eigenvalue weighted by Gasteiger charge is -2.24. The number of rotatable bonds is 16. The number of carboxylic acid groups (broad SMARTS) is 2. The van der Waals surface area contributed by atoms with Crippen molar-refractivity contribution in [2.24, 2.45) is 27.9 Å². The summed E-state index contributed by atoms with van der Waals surface area (Å²) in [5.74, 6) is -7.53. The van der Waals surface area contributed by atoms with Gasteiger partial charge in [0, 0.05) is 6.54 Å². The SMILES string of the molecule is CC(O)C(N)C(=O)NC(CC(N)=O)C(=O)NC(CC(=O)O)C(=O)NC(CCCN=C(N)N)C(=O)O. The van der Waals surface area contributed by atoms with Gasteiger partial charge in [0.25, 0.3) is 0 Å². The van der Waals surface area contributed by atoms with E-state index >= 15 is 0 Å². The third-order valence-corrected chi connectivity index (χ3v) is 4.43. The van der Waals surface area contributed by atoms with Crippen molar-refractivity contribution >= 4 is 41.5 Å². The Bertz CT molecular complexity index is 829. The van der Waals surface area contributed by atoms with Crippen LogP contribution in [0.3, 0.4) is 0 Å². The minimum atomic E-state index is -1.78. The summed E-state index contributed by atoms with van der Waals surface area (Å²) in [6.45, 7) is 1.27. The highest BCUT2D eigenvalue weighted by Crippen LogP contribution is 2.03. The van der Waals surface area contributed by atoms with Crippen LogP contribution < -0.4 is 38.9 Å². The predicted octanol–water partition coefficient (Wildman–Crippen LogP) is -5.36. The molecule has 0 bridgehead atoms. The molecule has 0 radical (unpaired) electrons. The number of hydrogen-bond donors (Lipinski definition) is 10. The maximum absolute atomic E-state index is 12.6. The second-order valence-corrected chi connectivity index (χ2v) is 7.51. The molecule has 0 aliphatic carbocycles. The normalized spacial score (nSPS) is 14.8. The van der Waals surface area contributed by atoms with Crippen molar-refractivity contribution < 1.29 is 44.1 Å². The minimum Gasteiger partial charge on any atom is -0.481 e. The summed E-state index contributed by atoms with van der Waals surface area (Å²) in [5, 5.41) is 34.1. The Morgan fingerprint density at radius 3 is 1.74 bits per heavy atom. The summed E-state index contributed by atoms with van der Waals surface area (Å²) >= 11 is 0. The van der Waals surface area contributed by atoms with Gasteiger partial charge in [0.05, 0.1) is 18.9 Å². The highest BCUT2D eigenvalue weighted by Gasteiger charge is 2.32. The maximum atomic E-state index is 12.6. The van der Waals surface area contributed by atoms with Gasteiger partial charge in [-0.25, -0.2) is 4.79 Å². The van der Waals surface area contributed by atoms with Crippen LogP contribution in [0.4, 0.5) is 0 Å². The molecular formula is C18H32N8O9. The number of nitrogens with two attached hydrogens (primary N) is 4. The number of primary amides is 1. The summed E-state index contributed by atoms with van der Waals surface area (Å²) in [5.41, 5.74) is 20.9. The largest absolute Gasteiger partial charge is 0.481 e. The average molecular weight is 505 g/mol. The molecule has 0 heterocycles. The van der Waals surface area contributed by atoms with Crippen molar-refractivity contribution in [2.45, 2.75) is 62.9 Å². The zero-order valence-electron chi connectivity index (χ0n) is 19.0. The van der Waals surface area contributed by atoms with Crippen molar-refractivity contribution in [1.82, 2.24) is 16.0 Å². The van der Waals surface area contributed by atoms with Crippen LogP contribution >= 0.6 is 0 Å². The molecule has 0 rings (SSSR count). The summed E-state index contributed by atoms with van der Waals surface area (Å²) in [6.07, 6.45) is -2.97. The van der Waals surface area contributed by atoms with Gasteiger partial charge in [0.15, 0.2) is 5.96 Å². The third kappa shape index (κ3) is 12.7. The van der Waals surface area contributed by atoms with E-state index in [1.807, 2.05) is 5.32 Å². The fourth-order valence-electron chi connectivity index (χ4n) is 2.59. The number of carbonyl (C=O) groups is 6. The van der Waals surface area contributed by atoms with E-state index in [1.165, 1.54) is 6.92 Å². The number of aliphatic imine (C=N–C) groups is 1. The number of guanidine groups is 1. The summed E-state index contributed by atoms with van der Waals surface area (Å²) in [6, 6.07) is -6.37. The van der Waals surface area contributed by atoms with E-state index in [2.05, 4.69) is 15.6 Å². The van der Waals surface area contributed by atoms with Gasteiger partial charge in [-0.1, -0.05) is 0 Å². The van der Waals surface area contributed by atoms with Crippen LogP contribution in [0.5, 0.6) is 0 Å². The van der Waals surface area contributed by atoms with E-state index in [-0.39, 0.29) is 25.3 Å². The van der Waals surface area contributed by atoms with Crippen LogP contribution in [-0.2, 0) is 28.8 Å². The first-order valence-electron chi connectivity index (χ1n) is 10.3. The Labute approximate surface area is 199 Å². The monoisotopic (exact) mass is 504 g/mol. The maximum Gasteiger partial charge on any atom is 0.326 e. The van der Waals surface area contributed by atoms with Crippen molar-refractivity contribution in [3.8, 4) is 0 Å². The van der Waals surface area contributed by atoms with E-state index in [1.54, 1.807) is 0 Å². The van der Waals surface area contributed by atoms with Crippen molar-refractivity contribution in [1.29, 1.82) is 0 Å². The lowest BCUT2D eigenvalue weighted by atomic mass is 10.1. The van der Waals surface area contributed by atoms with Crippen LogP contribution in [-0.4, -0.2) is 93.7 Å². The molecule has 5 unspecified atom stereocenters. The van der Waals surface area contributed by atoms with Gasteiger partial charge >= 0.3 is 11.9 Å². The molecule has 0 aromatic heterocycles. The molecule has 14 N–H and O–H groups in total. The van der Waals surface area contributed by atoms with Crippen LogP contribution in [0.1, 0.15) is 32.6 Å². The first-order valence-corrected chi connectivity index (χ1v) is 10.3. The molecule has 0 aliphatic heterocycles. The molecule has 5 atom stereocenters. The number of nitrogens with zero attached hydrogens (tertiary/aromatic N) is 1. The fraction of sp³-hybridized carbons (Fsp3) is 0.611. The molecule has 17 heteroatoms. The lowest BCUT2D eigenvalue weighted by Crippen LogP contribution is -2.59. The van der Waals surface area contributed by atoms with Gasteiger partial charge in [0.1, 0.15) is 24.2 Å². The smallest absolute Gasteiger partial charge is 0.326 e.